The summed E-state index contributed by atoms with van der Waals surface area (Å²) in [5.41, 5.74) is 3.35. The third-order valence-electron chi connectivity index (χ3n) is 5.60. The number of methoxy groups -OCH3 is 1. The van der Waals surface area contributed by atoms with Crippen LogP contribution >= 0.6 is 11.6 Å². The highest BCUT2D eigenvalue weighted by molar-refractivity contribution is 6.39. The number of ether oxygens (including phenoxy) is 2. The first kappa shape index (κ1) is 24.0. The van der Waals surface area contributed by atoms with E-state index in [0.29, 0.717) is 39.9 Å². The monoisotopic (exact) mass is 490 g/mol. The molecule has 1 aliphatic heterocycles. The van der Waals surface area contributed by atoms with Crippen LogP contribution in [0.25, 0.3) is 6.08 Å². The van der Waals surface area contributed by atoms with Gasteiger partial charge in [-0.15, -0.1) is 0 Å². The average Bonchev–Trinajstić information content (AvgIpc) is 2.84. The molecular weight excluding hydrogens is 468 g/mol. The Balaban J connectivity index is 1.61. The van der Waals surface area contributed by atoms with E-state index in [2.05, 4.69) is 5.32 Å². The van der Waals surface area contributed by atoms with Gasteiger partial charge in [-0.3, -0.25) is 14.9 Å². The smallest absolute Gasteiger partial charge is 0.335 e. The Bertz CT molecular complexity index is 1350. The maximum absolute atomic E-state index is 13.2. The van der Waals surface area contributed by atoms with Crippen LogP contribution in [0.1, 0.15) is 22.3 Å². The van der Waals surface area contributed by atoms with Crippen molar-refractivity contribution in [2.24, 2.45) is 0 Å². The molecule has 0 atom stereocenters. The number of hydrogen-bond donors (Lipinski definition) is 1. The Morgan fingerprint density at radius 2 is 1.71 bits per heavy atom. The predicted molar refractivity (Wildman–Crippen MR) is 134 cm³/mol. The summed E-state index contributed by atoms with van der Waals surface area (Å²) in [5, 5.41) is 2.62. The summed E-state index contributed by atoms with van der Waals surface area (Å²) in [6, 6.07) is 17.1. The third kappa shape index (κ3) is 5.05. The zero-order valence-corrected chi connectivity index (χ0v) is 20.2. The van der Waals surface area contributed by atoms with Crippen molar-refractivity contribution in [3.8, 4) is 11.5 Å². The summed E-state index contributed by atoms with van der Waals surface area (Å²) in [4.78, 5) is 39.1. The van der Waals surface area contributed by atoms with Crippen molar-refractivity contribution in [3.05, 3.63) is 93.5 Å². The van der Waals surface area contributed by atoms with Gasteiger partial charge < -0.3 is 9.47 Å². The maximum Gasteiger partial charge on any atom is 0.335 e. The van der Waals surface area contributed by atoms with Gasteiger partial charge in [0.25, 0.3) is 11.8 Å². The summed E-state index contributed by atoms with van der Waals surface area (Å²) in [5.74, 6) is -0.577. The van der Waals surface area contributed by atoms with Crippen molar-refractivity contribution in [2.75, 3.05) is 12.0 Å². The lowest BCUT2D eigenvalue weighted by atomic mass is 10.1. The highest BCUT2D eigenvalue weighted by Crippen LogP contribution is 2.32. The van der Waals surface area contributed by atoms with E-state index >= 15 is 0 Å². The minimum atomic E-state index is -0.833. The summed E-state index contributed by atoms with van der Waals surface area (Å²) >= 11 is 6.17. The number of urea groups is 1. The van der Waals surface area contributed by atoms with Crippen LogP contribution in [-0.4, -0.2) is 25.0 Å². The Morgan fingerprint density at radius 3 is 2.43 bits per heavy atom. The number of nitrogens with zero attached hydrogens (tertiary/aromatic N) is 1. The summed E-state index contributed by atoms with van der Waals surface area (Å²) in [6.45, 7) is 4.07. The van der Waals surface area contributed by atoms with Gasteiger partial charge in [0.1, 0.15) is 12.2 Å². The zero-order valence-electron chi connectivity index (χ0n) is 19.4. The molecule has 7 nitrogen and oxygen atoms in total. The second kappa shape index (κ2) is 10.0. The molecule has 0 aliphatic carbocycles. The Morgan fingerprint density at radius 1 is 0.971 bits per heavy atom. The van der Waals surface area contributed by atoms with Crippen molar-refractivity contribution >= 4 is 41.2 Å². The second-order valence-corrected chi connectivity index (χ2v) is 8.43. The highest BCUT2D eigenvalue weighted by atomic mass is 35.5. The van der Waals surface area contributed by atoms with Gasteiger partial charge in [-0.2, -0.15) is 0 Å². The fourth-order valence-corrected chi connectivity index (χ4v) is 3.79. The lowest BCUT2D eigenvalue weighted by Crippen LogP contribution is -2.54. The first-order valence-corrected chi connectivity index (χ1v) is 11.2. The first-order chi connectivity index (χ1) is 16.8. The molecule has 3 aromatic rings. The molecule has 3 aromatic carbocycles. The van der Waals surface area contributed by atoms with E-state index in [0.717, 1.165) is 16.0 Å². The average molecular weight is 491 g/mol. The van der Waals surface area contributed by atoms with E-state index in [1.807, 2.05) is 31.2 Å². The third-order valence-corrected chi connectivity index (χ3v) is 6.00. The van der Waals surface area contributed by atoms with Gasteiger partial charge in [-0.05, 0) is 60.9 Å². The topological polar surface area (TPSA) is 84.9 Å². The van der Waals surface area contributed by atoms with Crippen LogP contribution in [0.2, 0.25) is 5.02 Å². The molecule has 0 spiro atoms. The molecule has 0 unspecified atom stereocenters. The maximum atomic E-state index is 13.2. The number of barbiturate groups is 1. The fourth-order valence-electron chi connectivity index (χ4n) is 3.62. The summed E-state index contributed by atoms with van der Waals surface area (Å²) in [7, 11) is 1.51. The van der Waals surface area contributed by atoms with Crippen molar-refractivity contribution in [2.45, 2.75) is 20.5 Å². The summed E-state index contributed by atoms with van der Waals surface area (Å²) < 4.78 is 11.4. The molecular formula is C27H23ClN2O5. The number of carbonyl (C=O) groups is 3. The zero-order chi connectivity index (χ0) is 25.1. The number of amides is 4. The van der Waals surface area contributed by atoms with E-state index < -0.39 is 17.8 Å². The number of aryl methyl sites for hydroxylation is 1. The number of halogens is 1. The van der Waals surface area contributed by atoms with Crippen LogP contribution in [0, 0.1) is 13.8 Å². The van der Waals surface area contributed by atoms with Crippen LogP contribution < -0.4 is 19.7 Å². The molecule has 1 saturated heterocycles. The van der Waals surface area contributed by atoms with Crippen LogP contribution in [0.15, 0.2) is 66.2 Å². The lowest BCUT2D eigenvalue weighted by Gasteiger charge is -2.27. The highest BCUT2D eigenvalue weighted by Gasteiger charge is 2.37. The second-order valence-electron chi connectivity index (χ2n) is 8.03. The van der Waals surface area contributed by atoms with Crippen molar-refractivity contribution < 1.29 is 23.9 Å². The Kier molecular flexibility index (Phi) is 6.89. The quantitative estimate of drug-likeness (QED) is 0.378. The van der Waals surface area contributed by atoms with Gasteiger partial charge in [-0.1, -0.05) is 53.6 Å². The standard InChI is InChI=1S/C27H23ClN2O5/c1-16-7-9-18(10-8-16)15-35-23-12-11-19(14-24(23)34-3)13-20-25(31)29-27(33)30(26(20)32)22-6-4-5-21(28)17(22)2/h4-14H,15H2,1-3H3,(H,29,31,33)/b20-13+. The molecule has 0 bridgehead atoms. The van der Waals surface area contributed by atoms with E-state index in [1.54, 1.807) is 43.3 Å². The minimum absolute atomic E-state index is 0.195. The Labute approximate surface area is 207 Å². The molecule has 0 radical (unpaired) electrons. The number of carbonyl (C=O) groups excluding carboxylic acids is 3. The molecule has 0 saturated carbocycles. The van der Waals surface area contributed by atoms with E-state index in [9.17, 15) is 14.4 Å². The molecule has 1 N–H and O–H groups in total. The largest absolute Gasteiger partial charge is 0.493 e. The van der Waals surface area contributed by atoms with Crippen LogP contribution in [0.4, 0.5) is 10.5 Å². The van der Waals surface area contributed by atoms with Gasteiger partial charge in [0, 0.05) is 5.02 Å². The lowest BCUT2D eigenvalue weighted by molar-refractivity contribution is -0.122. The van der Waals surface area contributed by atoms with Crippen molar-refractivity contribution in [1.82, 2.24) is 5.32 Å². The molecule has 4 rings (SSSR count). The number of benzene rings is 3. The van der Waals surface area contributed by atoms with Gasteiger partial charge in [0.15, 0.2) is 11.5 Å². The van der Waals surface area contributed by atoms with Crippen LogP contribution in [0.5, 0.6) is 11.5 Å². The van der Waals surface area contributed by atoms with Gasteiger partial charge in [0.2, 0.25) is 0 Å². The van der Waals surface area contributed by atoms with Crippen molar-refractivity contribution in [1.29, 1.82) is 0 Å². The van der Waals surface area contributed by atoms with E-state index in [4.69, 9.17) is 21.1 Å². The fraction of sp³-hybridized carbons (Fsp3) is 0.148. The number of nitrogens with one attached hydrogen (secondary N) is 1. The van der Waals surface area contributed by atoms with E-state index in [1.165, 1.54) is 13.2 Å². The number of anilines is 1. The minimum Gasteiger partial charge on any atom is -0.493 e. The molecule has 0 aromatic heterocycles. The molecule has 35 heavy (non-hydrogen) atoms. The van der Waals surface area contributed by atoms with Gasteiger partial charge in [0.05, 0.1) is 12.8 Å². The summed E-state index contributed by atoms with van der Waals surface area (Å²) in [6.07, 6.45) is 1.41. The van der Waals surface area contributed by atoms with E-state index in [-0.39, 0.29) is 5.57 Å². The van der Waals surface area contributed by atoms with Crippen molar-refractivity contribution in [3.63, 3.8) is 0 Å². The molecule has 1 aliphatic rings. The normalized spacial score (nSPS) is 14.8. The SMILES string of the molecule is COc1cc(/C=C2\C(=O)NC(=O)N(c3cccc(Cl)c3C)C2=O)ccc1OCc1ccc(C)cc1. The molecule has 4 amide bonds. The number of hydrogen-bond acceptors (Lipinski definition) is 5. The van der Waals surface area contributed by atoms with Crippen LogP contribution in [-0.2, 0) is 16.2 Å². The predicted octanol–water partition coefficient (Wildman–Crippen LogP) is 5.21. The molecule has 1 fully saturated rings. The molecule has 8 heteroatoms. The van der Waals surface area contributed by atoms with Crippen LogP contribution in [0.3, 0.4) is 0 Å². The number of rotatable bonds is 6. The van der Waals surface area contributed by atoms with Gasteiger partial charge >= 0.3 is 6.03 Å². The number of imide groups is 2. The molecule has 178 valence electrons. The Hall–Kier alpha value is -4.10. The van der Waals surface area contributed by atoms with Gasteiger partial charge in [-0.25, -0.2) is 9.69 Å². The first-order valence-electron chi connectivity index (χ1n) is 10.8. The molecule has 1 heterocycles.